The lowest BCUT2D eigenvalue weighted by Crippen LogP contribution is -2.39. The molecule has 3 heterocycles. The molecule has 1 amide bonds. The third-order valence-electron chi connectivity index (χ3n) is 4.25. The number of pyridine rings is 1. The molecule has 0 aliphatic carbocycles. The molecule has 0 spiro atoms. The number of nitrogens with one attached hydrogen (secondary N) is 3. The van der Waals surface area contributed by atoms with Gasteiger partial charge in [-0.15, -0.1) is 0 Å². The van der Waals surface area contributed by atoms with E-state index in [-0.39, 0.29) is 18.0 Å². The summed E-state index contributed by atoms with van der Waals surface area (Å²) in [4.78, 5) is 16.4. The molecule has 2 aliphatic heterocycles. The summed E-state index contributed by atoms with van der Waals surface area (Å²) >= 11 is 0. The highest BCUT2D eigenvalue weighted by Gasteiger charge is 2.30. The Labute approximate surface area is 134 Å². The van der Waals surface area contributed by atoms with Crippen LogP contribution in [0.5, 0.6) is 5.75 Å². The number of amides is 1. The van der Waals surface area contributed by atoms with Gasteiger partial charge in [0, 0.05) is 18.7 Å². The molecule has 1 saturated heterocycles. The first-order valence-electron chi connectivity index (χ1n) is 7.78. The number of hydrogen-bond acceptors (Lipinski definition) is 5. The Hall–Kier alpha value is -2.44. The Bertz CT molecular complexity index is 720. The Morgan fingerprint density at radius 1 is 1.26 bits per heavy atom. The zero-order valence-corrected chi connectivity index (χ0v) is 12.6. The van der Waals surface area contributed by atoms with Crippen LogP contribution in [0.15, 0.2) is 42.6 Å². The van der Waals surface area contributed by atoms with Gasteiger partial charge in [-0.1, -0.05) is 18.2 Å². The topological polar surface area (TPSA) is 75.3 Å². The highest BCUT2D eigenvalue weighted by Crippen LogP contribution is 2.30. The van der Waals surface area contributed by atoms with Crippen molar-refractivity contribution >= 4 is 11.7 Å². The van der Waals surface area contributed by atoms with Gasteiger partial charge in [0.1, 0.15) is 17.6 Å². The first kappa shape index (κ1) is 14.2. The second-order valence-corrected chi connectivity index (χ2v) is 5.80. The van der Waals surface area contributed by atoms with E-state index in [4.69, 9.17) is 4.74 Å². The lowest BCUT2D eigenvalue weighted by molar-refractivity contribution is -0.117. The minimum Gasteiger partial charge on any atom is -0.493 e. The van der Waals surface area contributed by atoms with Crippen LogP contribution in [0, 0.1) is 0 Å². The molecule has 0 bridgehead atoms. The highest BCUT2D eigenvalue weighted by molar-refractivity contribution is 5.94. The van der Waals surface area contributed by atoms with E-state index in [0.29, 0.717) is 12.2 Å². The molecule has 2 aromatic rings. The van der Waals surface area contributed by atoms with Crippen molar-refractivity contribution in [1.82, 2.24) is 15.8 Å². The van der Waals surface area contributed by atoms with Crippen LogP contribution in [0.3, 0.4) is 0 Å². The third-order valence-corrected chi connectivity index (χ3v) is 4.25. The molecular weight excluding hydrogens is 292 g/mol. The van der Waals surface area contributed by atoms with E-state index in [0.717, 1.165) is 18.8 Å². The Morgan fingerprint density at radius 3 is 3.09 bits per heavy atom. The van der Waals surface area contributed by atoms with E-state index in [2.05, 4.69) is 33.3 Å². The summed E-state index contributed by atoms with van der Waals surface area (Å²) in [6.45, 7) is 0.754. The van der Waals surface area contributed by atoms with E-state index in [1.807, 2.05) is 18.2 Å². The number of hydrogen-bond donors (Lipinski definition) is 3. The van der Waals surface area contributed by atoms with Gasteiger partial charge in [-0.25, -0.2) is 15.8 Å². The summed E-state index contributed by atoms with van der Waals surface area (Å²) < 4.78 is 5.53. The van der Waals surface area contributed by atoms with Gasteiger partial charge in [-0.2, -0.15) is 0 Å². The van der Waals surface area contributed by atoms with Crippen LogP contribution in [0.2, 0.25) is 0 Å². The second kappa shape index (κ2) is 5.98. The van der Waals surface area contributed by atoms with Gasteiger partial charge in [-0.3, -0.25) is 4.79 Å². The van der Waals surface area contributed by atoms with Crippen molar-refractivity contribution in [3.8, 4) is 5.75 Å². The Morgan fingerprint density at radius 2 is 2.22 bits per heavy atom. The van der Waals surface area contributed by atoms with Crippen molar-refractivity contribution < 1.29 is 9.53 Å². The second-order valence-electron chi connectivity index (χ2n) is 5.80. The average Bonchev–Trinajstić information content (AvgIpc) is 3.24. The van der Waals surface area contributed by atoms with Crippen molar-refractivity contribution in [3.05, 3.63) is 53.7 Å². The fraction of sp³-hybridized carbons (Fsp3) is 0.294. The van der Waals surface area contributed by atoms with E-state index < -0.39 is 0 Å². The van der Waals surface area contributed by atoms with Crippen LogP contribution >= 0.6 is 0 Å². The highest BCUT2D eigenvalue weighted by atomic mass is 16.5. The van der Waals surface area contributed by atoms with Crippen molar-refractivity contribution in [3.63, 3.8) is 0 Å². The molecule has 118 valence electrons. The molecule has 1 fully saturated rings. The van der Waals surface area contributed by atoms with Crippen molar-refractivity contribution in [2.75, 3.05) is 11.9 Å². The Balaban J connectivity index is 1.42. The molecule has 6 heteroatoms. The van der Waals surface area contributed by atoms with Crippen LogP contribution in [-0.4, -0.2) is 23.5 Å². The van der Waals surface area contributed by atoms with Crippen LogP contribution < -0.4 is 20.9 Å². The molecule has 4 rings (SSSR count). The van der Waals surface area contributed by atoms with Gasteiger partial charge >= 0.3 is 0 Å². The van der Waals surface area contributed by atoms with Crippen molar-refractivity contribution in [1.29, 1.82) is 0 Å². The minimum absolute atomic E-state index is 0.0804. The zero-order chi connectivity index (χ0) is 15.6. The number of ether oxygens (including phenoxy) is 1. The lowest BCUT2D eigenvalue weighted by atomic mass is 9.99. The van der Waals surface area contributed by atoms with E-state index in [9.17, 15) is 4.79 Å². The third kappa shape index (κ3) is 2.91. The molecule has 1 aromatic carbocycles. The van der Waals surface area contributed by atoms with Gasteiger partial charge < -0.3 is 10.1 Å². The van der Waals surface area contributed by atoms with E-state index in [1.165, 1.54) is 11.1 Å². The maximum atomic E-state index is 12.3. The first-order chi connectivity index (χ1) is 11.3. The van der Waals surface area contributed by atoms with Crippen LogP contribution in [0.1, 0.15) is 23.6 Å². The lowest BCUT2D eigenvalue weighted by Gasteiger charge is -2.11. The number of carbonyl (C=O) groups excluding carboxylic acids is 1. The van der Waals surface area contributed by atoms with E-state index in [1.54, 1.807) is 12.3 Å². The standard InChI is InChI=1S/C17H18N4O2/c22-17(19-16-3-1-2-7-18-16)14-10-13(20-21-14)11-4-5-15-12(9-11)6-8-23-15/h1-5,7,9,13-14,20-21H,6,8,10H2,(H,18,19,22). The van der Waals surface area contributed by atoms with Gasteiger partial charge in [-0.05, 0) is 35.7 Å². The van der Waals surface area contributed by atoms with Gasteiger partial charge in [0.05, 0.1) is 6.61 Å². The molecule has 2 unspecified atom stereocenters. The SMILES string of the molecule is O=C(Nc1ccccn1)C1CC(c2ccc3c(c2)CCO3)NN1. The summed E-state index contributed by atoms with van der Waals surface area (Å²) in [5.41, 5.74) is 8.70. The number of nitrogens with zero attached hydrogens (tertiary/aromatic N) is 1. The summed E-state index contributed by atoms with van der Waals surface area (Å²) in [6, 6.07) is 11.5. The van der Waals surface area contributed by atoms with Gasteiger partial charge in [0.15, 0.2) is 0 Å². The van der Waals surface area contributed by atoms with Gasteiger partial charge in [0.25, 0.3) is 0 Å². The largest absolute Gasteiger partial charge is 0.493 e. The predicted molar refractivity (Wildman–Crippen MR) is 85.9 cm³/mol. The normalized spacial score (nSPS) is 22.4. The molecule has 6 nitrogen and oxygen atoms in total. The molecular formula is C17H18N4O2. The van der Waals surface area contributed by atoms with Gasteiger partial charge in [0.2, 0.25) is 5.91 Å². The number of anilines is 1. The number of fused-ring (bicyclic) bond motifs is 1. The number of hydrazine groups is 1. The van der Waals surface area contributed by atoms with Crippen molar-refractivity contribution in [2.45, 2.75) is 24.9 Å². The molecule has 2 aliphatic rings. The minimum atomic E-state index is -0.286. The fourth-order valence-corrected chi connectivity index (χ4v) is 3.02. The zero-order valence-electron chi connectivity index (χ0n) is 12.6. The monoisotopic (exact) mass is 310 g/mol. The summed E-state index contributed by atoms with van der Waals surface area (Å²) in [7, 11) is 0. The quantitative estimate of drug-likeness (QED) is 0.802. The average molecular weight is 310 g/mol. The Kier molecular flexibility index (Phi) is 3.69. The fourth-order valence-electron chi connectivity index (χ4n) is 3.02. The molecule has 0 saturated carbocycles. The maximum Gasteiger partial charge on any atom is 0.244 e. The molecule has 2 atom stereocenters. The summed E-state index contributed by atoms with van der Waals surface area (Å²) in [6.07, 6.45) is 3.30. The van der Waals surface area contributed by atoms with Crippen LogP contribution in [-0.2, 0) is 11.2 Å². The smallest absolute Gasteiger partial charge is 0.244 e. The molecule has 1 aromatic heterocycles. The molecule has 0 radical (unpaired) electrons. The number of rotatable bonds is 3. The first-order valence-corrected chi connectivity index (χ1v) is 7.78. The summed E-state index contributed by atoms with van der Waals surface area (Å²) in [5.74, 6) is 1.46. The molecule has 3 N–H and O–H groups in total. The van der Waals surface area contributed by atoms with Crippen LogP contribution in [0.25, 0.3) is 0 Å². The summed E-state index contributed by atoms with van der Waals surface area (Å²) in [5, 5.41) is 2.82. The maximum absolute atomic E-state index is 12.3. The van der Waals surface area contributed by atoms with Crippen LogP contribution in [0.4, 0.5) is 5.82 Å². The number of benzene rings is 1. The predicted octanol–water partition coefficient (Wildman–Crippen LogP) is 1.56. The molecule has 23 heavy (non-hydrogen) atoms. The number of aromatic nitrogens is 1. The number of carbonyl (C=O) groups is 1. The van der Waals surface area contributed by atoms with Crippen molar-refractivity contribution in [2.24, 2.45) is 0 Å². The van der Waals surface area contributed by atoms with E-state index >= 15 is 0 Å².